The normalized spacial score (nSPS) is 26.1. The van der Waals surface area contributed by atoms with Crippen LogP contribution in [0.2, 0.25) is 0 Å². The van der Waals surface area contributed by atoms with Gasteiger partial charge in [0.05, 0.1) is 12.8 Å². The molecule has 0 radical (unpaired) electrons. The van der Waals surface area contributed by atoms with Crippen LogP contribution in [0.25, 0.3) is 0 Å². The van der Waals surface area contributed by atoms with E-state index >= 15 is 0 Å². The molecule has 0 aromatic carbocycles. The lowest BCUT2D eigenvalue weighted by atomic mass is 9.79. The van der Waals surface area contributed by atoms with E-state index in [0.29, 0.717) is 11.9 Å². The van der Waals surface area contributed by atoms with Crippen molar-refractivity contribution in [2.75, 3.05) is 31.4 Å². The molecule has 1 aromatic rings. The zero-order chi connectivity index (χ0) is 14.7. The van der Waals surface area contributed by atoms with Crippen molar-refractivity contribution in [3.63, 3.8) is 0 Å². The van der Waals surface area contributed by atoms with Gasteiger partial charge >= 0.3 is 0 Å². The Hall–Kier alpha value is -1.45. The first-order valence-electron chi connectivity index (χ1n) is 7.49. The Morgan fingerprint density at radius 3 is 2.60 bits per heavy atom. The first-order chi connectivity index (χ1) is 9.52. The largest absolute Gasteiger partial charge is 0.479 e. The van der Waals surface area contributed by atoms with Crippen molar-refractivity contribution in [2.45, 2.75) is 39.2 Å². The molecule has 1 fully saturated rings. The number of hydrogen-bond acceptors (Lipinski definition) is 4. The number of pyridine rings is 1. The second kappa shape index (κ2) is 6.33. The molecule has 0 amide bonds. The number of nitrogens with zero attached hydrogens (tertiary/aromatic N) is 2. The molecule has 0 bridgehead atoms. The van der Waals surface area contributed by atoms with Crippen LogP contribution in [0.4, 0.5) is 11.4 Å². The fraction of sp³-hybridized carbons (Fsp3) is 0.688. The second-order valence-electron chi connectivity index (χ2n) is 6.22. The zero-order valence-electron chi connectivity index (χ0n) is 13.3. The molecule has 4 heteroatoms. The summed E-state index contributed by atoms with van der Waals surface area (Å²) >= 11 is 0. The van der Waals surface area contributed by atoms with E-state index in [-0.39, 0.29) is 0 Å². The molecule has 4 nitrogen and oxygen atoms in total. The van der Waals surface area contributed by atoms with E-state index in [1.807, 2.05) is 20.2 Å². The molecule has 2 rings (SSSR count). The number of anilines is 2. The fourth-order valence-electron chi connectivity index (χ4n) is 2.98. The van der Waals surface area contributed by atoms with E-state index in [0.717, 1.165) is 23.2 Å². The lowest BCUT2D eigenvalue weighted by Crippen LogP contribution is -2.31. The summed E-state index contributed by atoms with van der Waals surface area (Å²) < 4.78 is 5.43. The highest BCUT2D eigenvalue weighted by molar-refractivity contribution is 5.74. The van der Waals surface area contributed by atoms with Crippen LogP contribution in [0.3, 0.4) is 0 Å². The molecule has 1 aliphatic rings. The van der Waals surface area contributed by atoms with Crippen molar-refractivity contribution in [2.24, 2.45) is 11.8 Å². The van der Waals surface area contributed by atoms with Crippen LogP contribution in [0, 0.1) is 11.8 Å². The molecule has 20 heavy (non-hydrogen) atoms. The fourth-order valence-corrected chi connectivity index (χ4v) is 2.98. The molecule has 112 valence electrons. The third-order valence-corrected chi connectivity index (χ3v) is 4.52. The summed E-state index contributed by atoms with van der Waals surface area (Å²) in [6.45, 7) is 4.71. The van der Waals surface area contributed by atoms with Gasteiger partial charge in [-0.25, -0.2) is 4.98 Å². The summed E-state index contributed by atoms with van der Waals surface area (Å²) in [4.78, 5) is 6.43. The molecule has 0 spiro atoms. The van der Waals surface area contributed by atoms with Gasteiger partial charge in [-0.3, -0.25) is 0 Å². The maximum atomic E-state index is 5.43. The molecule has 0 aliphatic heterocycles. The van der Waals surface area contributed by atoms with Crippen LogP contribution in [-0.2, 0) is 0 Å². The van der Waals surface area contributed by atoms with Gasteiger partial charge in [-0.2, -0.15) is 0 Å². The highest BCUT2D eigenvalue weighted by Gasteiger charge is 2.26. The van der Waals surface area contributed by atoms with Crippen molar-refractivity contribution in [1.29, 1.82) is 0 Å². The Balaban J connectivity index is 2.19. The lowest BCUT2D eigenvalue weighted by molar-refractivity contribution is 0.260. The van der Waals surface area contributed by atoms with Gasteiger partial charge in [-0.15, -0.1) is 0 Å². The molecule has 1 saturated carbocycles. The number of aromatic nitrogens is 1. The van der Waals surface area contributed by atoms with Crippen molar-refractivity contribution < 1.29 is 4.74 Å². The van der Waals surface area contributed by atoms with Gasteiger partial charge in [0.25, 0.3) is 0 Å². The van der Waals surface area contributed by atoms with E-state index in [9.17, 15) is 0 Å². The van der Waals surface area contributed by atoms with E-state index in [1.165, 1.54) is 19.3 Å². The molecule has 3 atom stereocenters. The third-order valence-electron chi connectivity index (χ3n) is 4.52. The quantitative estimate of drug-likeness (QED) is 0.915. The van der Waals surface area contributed by atoms with Crippen LogP contribution in [-0.4, -0.2) is 32.2 Å². The maximum absolute atomic E-state index is 5.43. The smallest absolute Gasteiger partial charge is 0.239 e. The van der Waals surface area contributed by atoms with Gasteiger partial charge in [-0.1, -0.05) is 13.8 Å². The Morgan fingerprint density at radius 2 is 2.00 bits per heavy atom. The van der Waals surface area contributed by atoms with Gasteiger partial charge in [0.1, 0.15) is 5.69 Å². The number of ether oxygens (including phenoxy) is 1. The first kappa shape index (κ1) is 14.9. The molecule has 1 aromatic heterocycles. The van der Waals surface area contributed by atoms with Crippen LogP contribution >= 0.6 is 0 Å². The predicted molar refractivity (Wildman–Crippen MR) is 84.7 cm³/mol. The number of methoxy groups -OCH3 is 1. The maximum Gasteiger partial charge on any atom is 0.239 e. The van der Waals surface area contributed by atoms with Crippen LogP contribution < -0.4 is 15.0 Å². The van der Waals surface area contributed by atoms with Crippen molar-refractivity contribution in [1.82, 2.24) is 4.98 Å². The predicted octanol–water partition coefficient (Wildman–Crippen LogP) is 3.39. The van der Waals surface area contributed by atoms with Gasteiger partial charge in [0.15, 0.2) is 0 Å². The Kier molecular flexibility index (Phi) is 4.73. The summed E-state index contributed by atoms with van der Waals surface area (Å²) in [6.07, 6.45) is 5.52. The Bertz CT molecular complexity index is 447. The van der Waals surface area contributed by atoms with E-state index in [1.54, 1.807) is 13.3 Å². The molecule has 0 saturated heterocycles. The van der Waals surface area contributed by atoms with Crippen LogP contribution in [0.5, 0.6) is 5.88 Å². The SMILES string of the molecule is COc1nccc(N(C)C)c1NC1CCC(C)C(C)C1. The Labute approximate surface area is 122 Å². The summed E-state index contributed by atoms with van der Waals surface area (Å²) in [5.41, 5.74) is 2.15. The van der Waals surface area contributed by atoms with Gasteiger partial charge in [0.2, 0.25) is 5.88 Å². The standard InChI is InChI=1S/C16H27N3O/c1-11-6-7-13(10-12(11)2)18-15-14(19(3)4)8-9-17-16(15)20-5/h8-9,11-13,18H,6-7,10H2,1-5H3. The van der Waals surface area contributed by atoms with Gasteiger partial charge in [-0.05, 0) is 37.2 Å². The van der Waals surface area contributed by atoms with Crippen LogP contribution in [0.1, 0.15) is 33.1 Å². The molecule has 1 aliphatic carbocycles. The zero-order valence-corrected chi connectivity index (χ0v) is 13.3. The van der Waals surface area contributed by atoms with E-state index < -0.39 is 0 Å². The summed E-state index contributed by atoms with van der Waals surface area (Å²) in [6, 6.07) is 2.54. The lowest BCUT2D eigenvalue weighted by Gasteiger charge is -2.34. The minimum absolute atomic E-state index is 0.512. The average molecular weight is 277 g/mol. The topological polar surface area (TPSA) is 37.4 Å². The van der Waals surface area contributed by atoms with Crippen LogP contribution in [0.15, 0.2) is 12.3 Å². The first-order valence-corrected chi connectivity index (χ1v) is 7.49. The number of rotatable bonds is 4. The average Bonchev–Trinajstić information content (AvgIpc) is 2.43. The minimum atomic E-state index is 0.512. The molecular formula is C16H27N3O. The molecular weight excluding hydrogens is 250 g/mol. The molecule has 1 N–H and O–H groups in total. The second-order valence-corrected chi connectivity index (χ2v) is 6.22. The minimum Gasteiger partial charge on any atom is -0.479 e. The van der Waals surface area contributed by atoms with Gasteiger partial charge in [0, 0.05) is 26.3 Å². The Morgan fingerprint density at radius 1 is 1.25 bits per heavy atom. The monoisotopic (exact) mass is 277 g/mol. The van der Waals surface area contributed by atoms with E-state index in [2.05, 4.69) is 29.0 Å². The number of hydrogen-bond donors (Lipinski definition) is 1. The van der Waals surface area contributed by atoms with Crippen molar-refractivity contribution in [3.8, 4) is 5.88 Å². The highest BCUT2D eigenvalue weighted by Crippen LogP contribution is 2.36. The third kappa shape index (κ3) is 3.17. The van der Waals surface area contributed by atoms with Crippen molar-refractivity contribution in [3.05, 3.63) is 12.3 Å². The summed E-state index contributed by atoms with van der Waals surface area (Å²) in [5.74, 6) is 2.28. The van der Waals surface area contributed by atoms with E-state index in [4.69, 9.17) is 4.74 Å². The molecule has 1 heterocycles. The summed E-state index contributed by atoms with van der Waals surface area (Å²) in [7, 11) is 5.77. The summed E-state index contributed by atoms with van der Waals surface area (Å²) in [5, 5.41) is 3.67. The highest BCUT2D eigenvalue weighted by atomic mass is 16.5. The number of nitrogens with one attached hydrogen (secondary N) is 1. The van der Waals surface area contributed by atoms with Gasteiger partial charge < -0.3 is 15.0 Å². The van der Waals surface area contributed by atoms with Crippen molar-refractivity contribution >= 4 is 11.4 Å². The molecule has 3 unspecified atom stereocenters.